The molecule has 1 aromatic heterocycles. The average Bonchev–Trinajstić information content (AvgIpc) is 3.03. The molecule has 0 saturated carbocycles. The molecule has 4 heteroatoms. The maximum Gasteiger partial charge on any atom is 0.291 e. The highest BCUT2D eigenvalue weighted by Crippen LogP contribution is 2.25. The van der Waals surface area contributed by atoms with Crippen molar-refractivity contribution in [3.8, 4) is 5.75 Å². The van der Waals surface area contributed by atoms with Crippen LogP contribution in [0.2, 0.25) is 0 Å². The third kappa shape index (κ3) is 3.80. The smallest absolute Gasteiger partial charge is 0.291 e. The largest absolute Gasteiger partial charge is 0.506 e. The van der Waals surface area contributed by atoms with Crippen molar-refractivity contribution in [2.75, 3.05) is 5.32 Å². The van der Waals surface area contributed by atoms with Gasteiger partial charge >= 0.3 is 0 Å². The van der Waals surface area contributed by atoms with E-state index in [4.69, 9.17) is 4.42 Å². The molecule has 0 saturated heterocycles. The maximum atomic E-state index is 12.4. The average molecular weight is 349 g/mol. The lowest BCUT2D eigenvalue weighted by Gasteiger charge is -2.10. The van der Waals surface area contributed by atoms with Gasteiger partial charge in [-0.2, -0.15) is 0 Å². The monoisotopic (exact) mass is 349 g/mol. The van der Waals surface area contributed by atoms with E-state index in [2.05, 4.69) is 38.2 Å². The summed E-state index contributed by atoms with van der Waals surface area (Å²) in [5, 5.41) is 12.6. The number of rotatable bonds is 4. The van der Waals surface area contributed by atoms with Crippen LogP contribution in [0.1, 0.15) is 44.1 Å². The van der Waals surface area contributed by atoms with Crippen LogP contribution in [-0.2, 0) is 6.42 Å². The van der Waals surface area contributed by atoms with Crippen LogP contribution in [0.5, 0.6) is 5.75 Å². The SMILES string of the molecule is Cc1cc(C)c(Cc2ccc(C(=O)Nc3cc(C)ccc3O)o2)c(C)c1. The van der Waals surface area contributed by atoms with Gasteiger partial charge in [-0.05, 0) is 74.2 Å². The fraction of sp³-hybridized carbons (Fsp3) is 0.227. The summed E-state index contributed by atoms with van der Waals surface area (Å²) in [6.45, 7) is 8.16. The van der Waals surface area contributed by atoms with E-state index in [0.29, 0.717) is 12.1 Å². The number of phenols is 1. The minimum absolute atomic E-state index is 0.0293. The summed E-state index contributed by atoms with van der Waals surface area (Å²) in [5.41, 5.74) is 6.21. The standard InChI is InChI=1S/C22H23NO3/c1-13-5-7-20(24)19(11-13)23-22(25)21-8-6-17(26-21)12-18-15(3)9-14(2)10-16(18)4/h5-11,24H,12H2,1-4H3,(H,23,25). The fourth-order valence-corrected chi connectivity index (χ4v) is 3.19. The summed E-state index contributed by atoms with van der Waals surface area (Å²) in [5.74, 6) is 0.609. The number of nitrogens with one attached hydrogen (secondary N) is 1. The Hall–Kier alpha value is -3.01. The van der Waals surface area contributed by atoms with Crippen molar-refractivity contribution in [2.24, 2.45) is 0 Å². The number of carbonyl (C=O) groups is 1. The van der Waals surface area contributed by atoms with E-state index in [0.717, 1.165) is 11.3 Å². The van der Waals surface area contributed by atoms with Crippen LogP contribution in [0.3, 0.4) is 0 Å². The third-order valence-electron chi connectivity index (χ3n) is 4.48. The van der Waals surface area contributed by atoms with E-state index in [-0.39, 0.29) is 17.4 Å². The van der Waals surface area contributed by atoms with E-state index >= 15 is 0 Å². The summed E-state index contributed by atoms with van der Waals surface area (Å²) in [4.78, 5) is 12.4. The Bertz CT molecular complexity index is 946. The molecule has 0 aliphatic carbocycles. The van der Waals surface area contributed by atoms with Crippen LogP contribution in [0, 0.1) is 27.7 Å². The molecular weight excluding hydrogens is 326 g/mol. The normalized spacial score (nSPS) is 10.8. The van der Waals surface area contributed by atoms with Crippen molar-refractivity contribution in [2.45, 2.75) is 34.1 Å². The van der Waals surface area contributed by atoms with E-state index < -0.39 is 0 Å². The second-order valence-electron chi connectivity index (χ2n) is 6.79. The van der Waals surface area contributed by atoms with E-state index in [1.165, 1.54) is 22.3 Å². The van der Waals surface area contributed by atoms with Crippen molar-refractivity contribution in [3.05, 3.63) is 81.8 Å². The molecule has 1 heterocycles. The first kappa shape index (κ1) is 17.8. The minimum Gasteiger partial charge on any atom is -0.506 e. The summed E-state index contributed by atoms with van der Waals surface area (Å²) in [6, 6.07) is 12.8. The number of furan rings is 1. The second-order valence-corrected chi connectivity index (χ2v) is 6.79. The van der Waals surface area contributed by atoms with Gasteiger partial charge in [0.15, 0.2) is 5.76 Å². The quantitative estimate of drug-likeness (QED) is 0.647. The molecule has 0 radical (unpaired) electrons. The predicted octanol–water partition coefficient (Wildman–Crippen LogP) is 5.06. The van der Waals surface area contributed by atoms with Crippen molar-refractivity contribution in [3.63, 3.8) is 0 Å². The summed E-state index contributed by atoms with van der Waals surface area (Å²) >= 11 is 0. The number of benzene rings is 2. The Morgan fingerprint density at radius 2 is 1.65 bits per heavy atom. The van der Waals surface area contributed by atoms with Crippen LogP contribution < -0.4 is 5.32 Å². The molecule has 0 spiro atoms. The summed E-state index contributed by atoms with van der Waals surface area (Å²) < 4.78 is 5.74. The van der Waals surface area contributed by atoms with Crippen LogP contribution in [0.25, 0.3) is 0 Å². The molecule has 1 amide bonds. The molecule has 3 aromatic rings. The topological polar surface area (TPSA) is 62.5 Å². The highest BCUT2D eigenvalue weighted by atomic mass is 16.3. The molecule has 2 N–H and O–H groups in total. The minimum atomic E-state index is -0.380. The number of aryl methyl sites for hydroxylation is 4. The van der Waals surface area contributed by atoms with E-state index in [1.807, 2.05) is 13.0 Å². The van der Waals surface area contributed by atoms with E-state index in [9.17, 15) is 9.90 Å². The van der Waals surface area contributed by atoms with Crippen LogP contribution in [0.4, 0.5) is 5.69 Å². The van der Waals surface area contributed by atoms with Gasteiger partial charge in [0.25, 0.3) is 5.91 Å². The van der Waals surface area contributed by atoms with Crippen molar-refractivity contribution in [1.82, 2.24) is 0 Å². The number of phenolic OH excluding ortho intramolecular Hbond substituents is 1. The zero-order valence-corrected chi connectivity index (χ0v) is 15.5. The number of amides is 1. The van der Waals surface area contributed by atoms with Crippen molar-refractivity contribution < 1.29 is 14.3 Å². The first-order chi connectivity index (χ1) is 12.3. The van der Waals surface area contributed by atoms with Gasteiger partial charge in [-0.25, -0.2) is 0 Å². The van der Waals surface area contributed by atoms with Crippen LogP contribution >= 0.6 is 0 Å². The molecule has 4 nitrogen and oxygen atoms in total. The van der Waals surface area contributed by atoms with Gasteiger partial charge in [-0.1, -0.05) is 23.8 Å². The van der Waals surface area contributed by atoms with Gasteiger partial charge in [-0.15, -0.1) is 0 Å². The number of anilines is 1. The molecule has 0 aliphatic rings. The van der Waals surface area contributed by atoms with Gasteiger partial charge in [0, 0.05) is 6.42 Å². The summed E-state index contributed by atoms with van der Waals surface area (Å²) in [7, 11) is 0. The Kier molecular flexibility index (Phi) is 4.85. The highest BCUT2D eigenvalue weighted by molar-refractivity contribution is 6.03. The molecule has 0 atom stereocenters. The molecular formula is C22H23NO3. The molecule has 134 valence electrons. The molecule has 0 unspecified atom stereocenters. The molecule has 0 fully saturated rings. The molecule has 0 bridgehead atoms. The zero-order valence-electron chi connectivity index (χ0n) is 15.5. The predicted molar refractivity (Wildman–Crippen MR) is 103 cm³/mol. The van der Waals surface area contributed by atoms with Crippen molar-refractivity contribution in [1.29, 1.82) is 0 Å². The fourth-order valence-electron chi connectivity index (χ4n) is 3.19. The number of hydrogen-bond donors (Lipinski definition) is 2. The number of aromatic hydroxyl groups is 1. The Morgan fingerprint density at radius 3 is 2.35 bits per heavy atom. The van der Waals surface area contributed by atoms with Crippen LogP contribution in [-0.4, -0.2) is 11.0 Å². The third-order valence-corrected chi connectivity index (χ3v) is 4.48. The Morgan fingerprint density at radius 1 is 0.962 bits per heavy atom. The first-order valence-corrected chi connectivity index (χ1v) is 8.60. The molecule has 0 aliphatic heterocycles. The van der Waals surface area contributed by atoms with Gasteiger partial charge in [0.1, 0.15) is 11.5 Å². The Labute approximate surface area is 153 Å². The maximum absolute atomic E-state index is 12.4. The van der Waals surface area contributed by atoms with Crippen molar-refractivity contribution >= 4 is 11.6 Å². The molecule has 26 heavy (non-hydrogen) atoms. The van der Waals surface area contributed by atoms with Gasteiger partial charge in [0.2, 0.25) is 0 Å². The molecule has 3 rings (SSSR count). The van der Waals surface area contributed by atoms with E-state index in [1.54, 1.807) is 24.3 Å². The lowest BCUT2D eigenvalue weighted by Crippen LogP contribution is -2.11. The lowest BCUT2D eigenvalue weighted by molar-refractivity contribution is 0.0994. The van der Waals surface area contributed by atoms with Gasteiger partial charge in [-0.3, -0.25) is 4.79 Å². The van der Waals surface area contributed by atoms with Crippen LogP contribution in [0.15, 0.2) is 46.9 Å². The lowest BCUT2D eigenvalue weighted by atomic mass is 9.97. The van der Waals surface area contributed by atoms with Gasteiger partial charge < -0.3 is 14.8 Å². The second kappa shape index (κ2) is 7.08. The zero-order chi connectivity index (χ0) is 18.8. The first-order valence-electron chi connectivity index (χ1n) is 8.60. The summed E-state index contributed by atoms with van der Waals surface area (Å²) in [6.07, 6.45) is 0.640. The number of hydrogen-bond acceptors (Lipinski definition) is 3. The molecule has 2 aromatic carbocycles. The Balaban J connectivity index is 1.77. The van der Waals surface area contributed by atoms with Gasteiger partial charge in [0.05, 0.1) is 5.69 Å². The number of carbonyl (C=O) groups excluding carboxylic acids is 1. The highest BCUT2D eigenvalue weighted by Gasteiger charge is 2.15.